The Labute approximate surface area is 198 Å². The molecule has 0 fully saturated rings. The van der Waals surface area contributed by atoms with Crippen molar-refractivity contribution in [2.75, 3.05) is 11.9 Å². The van der Waals surface area contributed by atoms with Crippen LogP contribution >= 0.6 is 12.2 Å². The highest BCUT2D eigenvalue weighted by Gasteiger charge is 2.10. The monoisotopic (exact) mass is 459 g/mol. The molecule has 0 aliphatic carbocycles. The van der Waals surface area contributed by atoms with E-state index in [1.165, 1.54) is 5.56 Å². The van der Waals surface area contributed by atoms with Crippen molar-refractivity contribution >= 4 is 40.0 Å². The second-order valence-corrected chi connectivity index (χ2v) is 7.91. The Balaban J connectivity index is 1.35. The number of amides is 1. The van der Waals surface area contributed by atoms with E-state index >= 15 is 0 Å². The number of oxazole rings is 1. The summed E-state index contributed by atoms with van der Waals surface area (Å²) in [7, 11) is 0. The molecule has 0 bridgehead atoms. The summed E-state index contributed by atoms with van der Waals surface area (Å²) in [5, 5.41) is 5.95. The summed E-state index contributed by atoms with van der Waals surface area (Å²) in [5.74, 6) is 1.02. The first kappa shape index (κ1) is 22.5. The average Bonchev–Trinajstić information content (AvgIpc) is 3.22. The molecule has 1 amide bonds. The number of carbonyl (C=O) groups is 1. The number of aryl methyl sites for hydroxylation is 1. The summed E-state index contributed by atoms with van der Waals surface area (Å²) < 4.78 is 11.3. The van der Waals surface area contributed by atoms with E-state index in [4.69, 9.17) is 21.4 Å². The summed E-state index contributed by atoms with van der Waals surface area (Å²) in [4.78, 5) is 17.1. The minimum atomic E-state index is -0.298. The molecule has 0 aliphatic rings. The highest BCUT2D eigenvalue weighted by atomic mass is 32.1. The Morgan fingerprint density at radius 1 is 1.03 bits per heavy atom. The molecule has 1 aromatic heterocycles. The van der Waals surface area contributed by atoms with Crippen LogP contribution in [-0.4, -0.2) is 22.6 Å². The maximum atomic E-state index is 12.5. The Hall–Kier alpha value is -3.71. The lowest BCUT2D eigenvalue weighted by Crippen LogP contribution is -2.34. The van der Waals surface area contributed by atoms with E-state index in [1.807, 2.05) is 43.3 Å². The van der Waals surface area contributed by atoms with Gasteiger partial charge < -0.3 is 14.5 Å². The lowest BCUT2D eigenvalue weighted by molar-refractivity contribution is 0.0977. The molecule has 3 aromatic carbocycles. The first-order chi connectivity index (χ1) is 16.0. The number of benzene rings is 3. The fraction of sp³-hybridized carbons (Fsp3) is 0.192. The van der Waals surface area contributed by atoms with Crippen molar-refractivity contribution in [3.8, 4) is 5.75 Å². The van der Waals surface area contributed by atoms with Gasteiger partial charge in [0, 0.05) is 17.7 Å². The predicted octanol–water partition coefficient (Wildman–Crippen LogP) is 5.51. The van der Waals surface area contributed by atoms with Crippen LogP contribution in [-0.2, 0) is 12.8 Å². The fourth-order valence-corrected chi connectivity index (χ4v) is 3.64. The standard InChI is InChI=1S/C26H25N3O3S/c1-3-17-10-13-23-22(14-17)28-24(32-23)15-18-8-11-20(12-9-18)27-26(33)29-25(30)19-6-5-7-21(16-19)31-4-2/h5-14,16H,3-4,15H2,1-2H3,(H2,27,29,30,33). The SMILES string of the molecule is CCOc1cccc(C(=O)NC(=S)Nc2ccc(Cc3nc4cc(CC)ccc4o3)cc2)c1. The molecule has 0 saturated carbocycles. The van der Waals surface area contributed by atoms with Gasteiger partial charge in [-0.05, 0) is 79.2 Å². The van der Waals surface area contributed by atoms with E-state index in [1.54, 1.807) is 18.2 Å². The molecule has 0 atom stereocenters. The lowest BCUT2D eigenvalue weighted by atomic mass is 10.1. The molecule has 0 aliphatic heterocycles. The smallest absolute Gasteiger partial charge is 0.257 e. The number of ether oxygens (including phenoxy) is 1. The van der Waals surface area contributed by atoms with Crippen LogP contribution in [0, 0.1) is 0 Å². The normalized spacial score (nSPS) is 10.7. The summed E-state index contributed by atoms with van der Waals surface area (Å²) in [6, 6.07) is 20.8. The molecule has 0 radical (unpaired) electrons. The van der Waals surface area contributed by atoms with Crippen LogP contribution in [0.2, 0.25) is 0 Å². The number of carbonyl (C=O) groups excluding carboxylic acids is 1. The molecule has 6 nitrogen and oxygen atoms in total. The van der Waals surface area contributed by atoms with Crippen molar-refractivity contribution in [2.45, 2.75) is 26.7 Å². The van der Waals surface area contributed by atoms with Gasteiger partial charge in [-0.25, -0.2) is 4.98 Å². The zero-order valence-corrected chi connectivity index (χ0v) is 19.4. The fourth-order valence-electron chi connectivity index (χ4n) is 3.43. The quantitative estimate of drug-likeness (QED) is 0.355. The molecule has 33 heavy (non-hydrogen) atoms. The molecule has 0 saturated heterocycles. The molecule has 0 unspecified atom stereocenters. The van der Waals surface area contributed by atoms with E-state index in [0.29, 0.717) is 30.2 Å². The number of nitrogens with zero attached hydrogens (tertiary/aromatic N) is 1. The van der Waals surface area contributed by atoms with E-state index in [2.05, 4.69) is 34.7 Å². The Morgan fingerprint density at radius 2 is 1.82 bits per heavy atom. The van der Waals surface area contributed by atoms with Crippen molar-refractivity contribution in [3.05, 3.63) is 89.3 Å². The third-order valence-electron chi connectivity index (χ3n) is 5.11. The number of hydrogen-bond donors (Lipinski definition) is 2. The summed E-state index contributed by atoms with van der Waals surface area (Å²) in [6.07, 6.45) is 1.56. The summed E-state index contributed by atoms with van der Waals surface area (Å²) in [6.45, 7) is 4.55. The Bertz CT molecular complexity index is 1280. The Morgan fingerprint density at radius 3 is 2.58 bits per heavy atom. The molecule has 4 aromatic rings. The highest BCUT2D eigenvalue weighted by molar-refractivity contribution is 7.80. The number of rotatable bonds is 7. The van der Waals surface area contributed by atoms with Gasteiger partial charge in [-0.15, -0.1) is 0 Å². The summed E-state index contributed by atoms with van der Waals surface area (Å²) >= 11 is 5.29. The molecular weight excluding hydrogens is 434 g/mol. The van der Waals surface area contributed by atoms with E-state index in [0.717, 1.165) is 28.8 Å². The first-order valence-electron chi connectivity index (χ1n) is 10.9. The molecule has 4 rings (SSSR count). The number of hydrogen-bond acceptors (Lipinski definition) is 5. The van der Waals surface area contributed by atoms with E-state index < -0.39 is 0 Å². The van der Waals surface area contributed by atoms with Crippen molar-refractivity contribution in [3.63, 3.8) is 0 Å². The van der Waals surface area contributed by atoms with Crippen molar-refractivity contribution in [1.29, 1.82) is 0 Å². The van der Waals surface area contributed by atoms with E-state index in [-0.39, 0.29) is 11.0 Å². The van der Waals surface area contributed by atoms with Gasteiger partial charge in [0.25, 0.3) is 5.91 Å². The maximum Gasteiger partial charge on any atom is 0.257 e. The number of fused-ring (bicyclic) bond motifs is 1. The minimum Gasteiger partial charge on any atom is -0.494 e. The van der Waals surface area contributed by atoms with Crippen LogP contribution in [0.4, 0.5) is 5.69 Å². The molecule has 7 heteroatoms. The third-order valence-corrected chi connectivity index (χ3v) is 5.31. The second-order valence-electron chi connectivity index (χ2n) is 7.51. The van der Waals surface area contributed by atoms with E-state index in [9.17, 15) is 4.79 Å². The minimum absolute atomic E-state index is 0.222. The van der Waals surface area contributed by atoms with Gasteiger partial charge in [-0.3, -0.25) is 10.1 Å². The zero-order valence-electron chi connectivity index (χ0n) is 18.6. The molecule has 2 N–H and O–H groups in total. The van der Waals surface area contributed by atoms with Crippen LogP contribution in [0.25, 0.3) is 11.1 Å². The van der Waals surface area contributed by atoms with Crippen LogP contribution in [0.1, 0.15) is 41.2 Å². The average molecular weight is 460 g/mol. The number of nitrogens with one attached hydrogen (secondary N) is 2. The van der Waals surface area contributed by atoms with Gasteiger partial charge in [-0.1, -0.05) is 31.2 Å². The molecular formula is C26H25N3O3S. The third kappa shape index (κ3) is 5.75. The van der Waals surface area contributed by atoms with Gasteiger partial charge in [0.1, 0.15) is 11.3 Å². The van der Waals surface area contributed by atoms with Crippen LogP contribution in [0.5, 0.6) is 5.75 Å². The summed E-state index contributed by atoms with van der Waals surface area (Å²) in [5.41, 5.74) is 5.24. The predicted molar refractivity (Wildman–Crippen MR) is 134 cm³/mol. The molecule has 1 heterocycles. The second kappa shape index (κ2) is 10.3. The maximum absolute atomic E-state index is 12.5. The van der Waals surface area contributed by atoms with Crippen molar-refractivity contribution < 1.29 is 13.9 Å². The number of aromatic nitrogens is 1. The largest absolute Gasteiger partial charge is 0.494 e. The first-order valence-corrected chi connectivity index (χ1v) is 11.3. The van der Waals surface area contributed by atoms with Crippen LogP contribution < -0.4 is 15.4 Å². The molecule has 0 spiro atoms. The van der Waals surface area contributed by atoms with Gasteiger partial charge in [-0.2, -0.15) is 0 Å². The van der Waals surface area contributed by atoms with Gasteiger partial charge in [0.05, 0.1) is 6.61 Å². The lowest BCUT2D eigenvalue weighted by Gasteiger charge is -2.11. The van der Waals surface area contributed by atoms with Gasteiger partial charge in [0.2, 0.25) is 0 Å². The van der Waals surface area contributed by atoms with Crippen LogP contribution in [0.15, 0.2) is 71.1 Å². The zero-order chi connectivity index (χ0) is 23.2. The van der Waals surface area contributed by atoms with Crippen LogP contribution in [0.3, 0.4) is 0 Å². The topological polar surface area (TPSA) is 76.4 Å². The Kier molecular flexibility index (Phi) is 7.00. The van der Waals surface area contributed by atoms with Gasteiger partial charge in [0.15, 0.2) is 16.6 Å². The van der Waals surface area contributed by atoms with Crippen molar-refractivity contribution in [2.24, 2.45) is 0 Å². The molecule has 168 valence electrons. The van der Waals surface area contributed by atoms with Gasteiger partial charge >= 0.3 is 0 Å². The highest BCUT2D eigenvalue weighted by Crippen LogP contribution is 2.20. The van der Waals surface area contributed by atoms with Crippen molar-refractivity contribution in [1.82, 2.24) is 10.3 Å². The number of anilines is 1. The number of thiocarbonyl (C=S) groups is 1.